The lowest BCUT2D eigenvalue weighted by Crippen LogP contribution is -2.35. The summed E-state index contributed by atoms with van der Waals surface area (Å²) in [5, 5.41) is 3.52. The molecule has 1 aromatic rings. The highest BCUT2D eigenvalue weighted by molar-refractivity contribution is 8.00. The number of rotatable bonds is 6. The first-order chi connectivity index (χ1) is 10.1. The van der Waals surface area contributed by atoms with Crippen LogP contribution in [0.25, 0.3) is 0 Å². The fourth-order valence-corrected chi connectivity index (χ4v) is 3.87. The van der Waals surface area contributed by atoms with E-state index in [0.29, 0.717) is 21.9 Å². The van der Waals surface area contributed by atoms with Gasteiger partial charge in [0.1, 0.15) is 0 Å². The summed E-state index contributed by atoms with van der Waals surface area (Å²) in [6.07, 6.45) is 8.77. The molecule has 1 aliphatic rings. The predicted octanol–water partition coefficient (Wildman–Crippen LogP) is 3.76. The molecular formula is C16H26N2O2S. The highest BCUT2D eigenvalue weighted by Gasteiger charge is 2.31. The molecule has 0 radical (unpaired) electrons. The van der Waals surface area contributed by atoms with Crippen molar-refractivity contribution < 1.29 is 9.47 Å². The lowest BCUT2D eigenvalue weighted by molar-refractivity contribution is 0.355. The summed E-state index contributed by atoms with van der Waals surface area (Å²) in [5.74, 6) is 1.37. The average molecular weight is 310 g/mol. The van der Waals surface area contributed by atoms with Crippen molar-refractivity contribution in [1.82, 2.24) is 0 Å². The molecule has 3 N–H and O–H groups in total. The van der Waals surface area contributed by atoms with E-state index in [9.17, 15) is 0 Å². The smallest absolute Gasteiger partial charge is 0.162 e. The predicted molar refractivity (Wildman–Crippen MR) is 91.8 cm³/mol. The molecule has 2 rings (SSSR count). The van der Waals surface area contributed by atoms with Crippen molar-refractivity contribution in [3.63, 3.8) is 0 Å². The van der Waals surface area contributed by atoms with Gasteiger partial charge in [-0.1, -0.05) is 19.3 Å². The van der Waals surface area contributed by atoms with Gasteiger partial charge in [0.05, 0.1) is 25.6 Å². The second-order valence-corrected chi connectivity index (χ2v) is 6.87. The minimum absolute atomic E-state index is 0.331. The van der Waals surface area contributed by atoms with Crippen LogP contribution in [0, 0.1) is 0 Å². The first kappa shape index (κ1) is 16.1. The summed E-state index contributed by atoms with van der Waals surface area (Å²) >= 11 is 1.98. The molecule has 0 aliphatic heterocycles. The van der Waals surface area contributed by atoms with Crippen molar-refractivity contribution >= 4 is 23.1 Å². The summed E-state index contributed by atoms with van der Waals surface area (Å²) in [7, 11) is 3.26. The van der Waals surface area contributed by atoms with Crippen molar-refractivity contribution in [1.29, 1.82) is 0 Å². The number of methoxy groups -OCH3 is 2. The summed E-state index contributed by atoms with van der Waals surface area (Å²) < 4.78 is 11.0. The average Bonchev–Trinajstić information content (AvgIpc) is 2.54. The molecule has 0 atom stereocenters. The lowest BCUT2D eigenvalue weighted by atomic mass is 9.88. The van der Waals surface area contributed by atoms with E-state index in [1.54, 1.807) is 14.2 Å². The fourth-order valence-electron chi connectivity index (χ4n) is 2.95. The van der Waals surface area contributed by atoms with Crippen LogP contribution >= 0.6 is 11.8 Å². The normalized spacial score (nSPS) is 17.3. The third-order valence-corrected chi connectivity index (χ3v) is 5.77. The summed E-state index contributed by atoms with van der Waals surface area (Å²) in [5.41, 5.74) is 7.73. The van der Waals surface area contributed by atoms with E-state index in [1.165, 1.54) is 32.1 Å². The Bertz CT molecular complexity index is 474. The zero-order valence-electron chi connectivity index (χ0n) is 13.2. The quantitative estimate of drug-likeness (QED) is 0.783. The van der Waals surface area contributed by atoms with E-state index < -0.39 is 0 Å². The second kappa shape index (κ2) is 7.16. The second-order valence-electron chi connectivity index (χ2n) is 5.60. The van der Waals surface area contributed by atoms with Crippen LogP contribution in [0.5, 0.6) is 11.5 Å². The number of nitrogens with one attached hydrogen (secondary N) is 1. The third kappa shape index (κ3) is 3.70. The Balaban J connectivity index is 2.11. The SMILES string of the molecule is COc1cc(N)c(NCC2(SC)CCCCC2)cc1OC. The van der Waals surface area contributed by atoms with Crippen LogP contribution in [0.2, 0.25) is 0 Å². The van der Waals surface area contributed by atoms with E-state index in [4.69, 9.17) is 15.2 Å². The fraction of sp³-hybridized carbons (Fsp3) is 0.625. The van der Waals surface area contributed by atoms with Crippen molar-refractivity contribution in [3.05, 3.63) is 12.1 Å². The number of anilines is 2. The van der Waals surface area contributed by atoms with Crippen LogP contribution in [0.15, 0.2) is 12.1 Å². The van der Waals surface area contributed by atoms with Gasteiger partial charge in [-0.15, -0.1) is 0 Å². The summed E-state index contributed by atoms with van der Waals surface area (Å²) in [6.45, 7) is 0.938. The zero-order valence-corrected chi connectivity index (χ0v) is 14.0. The highest BCUT2D eigenvalue weighted by atomic mass is 32.2. The molecule has 1 fully saturated rings. The van der Waals surface area contributed by atoms with Crippen molar-refractivity contribution in [2.45, 2.75) is 36.9 Å². The van der Waals surface area contributed by atoms with Crippen molar-refractivity contribution in [3.8, 4) is 11.5 Å². The minimum Gasteiger partial charge on any atom is -0.493 e. The van der Waals surface area contributed by atoms with E-state index in [0.717, 1.165) is 12.2 Å². The lowest BCUT2D eigenvalue weighted by Gasteiger charge is -2.36. The molecule has 21 heavy (non-hydrogen) atoms. The molecule has 0 bridgehead atoms. The number of ether oxygens (including phenoxy) is 2. The van der Waals surface area contributed by atoms with E-state index in [1.807, 2.05) is 23.9 Å². The first-order valence-electron chi connectivity index (χ1n) is 7.44. The largest absolute Gasteiger partial charge is 0.493 e. The van der Waals surface area contributed by atoms with Gasteiger partial charge >= 0.3 is 0 Å². The molecule has 0 aromatic heterocycles. The molecule has 0 heterocycles. The Morgan fingerprint density at radius 3 is 2.33 bits per heavy atom. The van der Waals surface area contributed by atoms with Crippen LogP contribution < -0.4 is 20.5 Å². The highest BCUT2D eigenvalue weighted by Crippen LogP contribution is 2.40. The Hall–Kier alpha value is -1.23. The van der Waals surface area contributed by atoms with Gasteiger partial charge in [0, 0.05) is 23.4 Å². The molecule has 0 unspecified atom stereocenters. The Kier molecular flexibility index (Phi) is 5.51. The first-order valence-corrected chi connectivity index (χ1v) is 8.67. The number of thioether (sulfide) groups is 1. The molecule has 1 aliphatic carbocycles. The van der Waals surface area contributed by atoms with Crippen LogP contribution in [-0.2, 0) is 0 Å². The monoisotopic (exact) mass is 310 g/mol. The molecule has 1 saturated carbocycles. The molecule has 0 saturated heterocycles. The van der Waals surface area contributed by atoms with E-state index in [2.05, 4.69) is 11.6 Å². The van der Waals surface area contributed by atoms with Gasteiger partial charge in [0.15, 0.2) is 11.5 Å². The van der Waals surface area contributed by atoms with Gasteiger partial charge in [-0.25, -0.2) is 0 Å². The molecule has 118 valence electrons. The minimum atomic E-state index is 0.331. The Morgan fingerprint density at radius 1 is 1.14 bits per heavy atom. The molecule has 5 heteroatoms. The Morgan fingerprint density at radius 2 is 1.76 bits per heavy atom. The Labute approximate surface area is 131 Å². The number of hydrogen-bond acceptors (Lipinski definition) is 5. The number of nitrogen functional groups attached to an aromatic ring is 1. The number of hydrogen-bond donors (Lipinski definition) is 2. The van der Waals surface area contributed by atoms with Crippen LogP contribution in [-0.4, -0.2) is 31.8 Å². The maximum atomic E-state index is 6.12. The van der Waals surface area contributed by atoms with E-state index >= 15 is 0 Å². The third-order valence-electron chi connectivity index (χ3n) is 4.35. The topological polar surface area (TPSA) is 56.5 Å². The van der Waals surface area contributed by atoms with Crippen molar-refractivity contribution in [2.24, 2.45) is 0 Å². The van der Waals surface area contributed by atoms with Gasteiger partial charge in [-0.05, 0) is 19.1 Å². The zero-order chi connectivity index (χ0) is 15.3. The van der Waals surface area contributed by atoms with Gasteiger partial charge in [-0.2, -0.15) is 11.8 Å². The van der Waals surface area contributed by atoms with Crippen molar-refractivity contribution in [2.75, 3.05) is 38.1 Å². The molecule has 0 amide bonds. The standard InChI is InChI=1S/C16H26N2O2S/c1-19-14-9-12(17)13(10-15(14)20-2)18-11-16(21-3)7-5-4-6-8-16/h9-10,18H,4-8,11,17H2,1-3H3. The molecule has 1 aromatic carbocycles. The maximum absolute atomic E-state index is 6.12. The molecular weight excluding hydrogens is 284 g/mol. The number of nitrogens with two attached hydrogens (primary N) is 1. The maximum Gasteiger partial charge on any atom is 0.162 e. The summed E-state index contributed by atoms with van der Waals surface area (Å²) in [4.78, 5) is 0. The summed E-state index contributed by atoms with van der Waals surface area (Å²) in [6, 6.07) is 3.73. The van der Waals surface area contributed by atoms with E-state index in [-0.39, 0.29) is 0 Å². The van der Waals surface area contributed by atoms with Gasteiger partial charge < -0.3 is 20.5 Å². The van der Waals surface area contributed by atoms with Gasteiger partial charge in [0.2, 0.25) is 0 Å². The van der Waals surface area contributed by atoms with Crippen LogP contribution in [0.3, 0.4) is 0 Å². The van der Waals surface area contributed by atoms with Gasteiger partial charge in [0.25, 0.3) is 0 Å². The van der Waals surface area contributed by atoms with Crippen LogP contribution in [0.1, 0.15) is 32.1 Å². The number of benzene rings is 1. The molecule has 0 spiro atoms. The molecule has 4 nitrogen and oxygen atoms in total. The van der Waals surface area contributed by atoms with Crippen LogP contribution in [0.4, 0.5) is 11.4 Å². The van der Waals surface area contributed by atoms with Gasteiger partial charge in [-0.3, -0.25) is 0 Å².